The Morgan fingerprint density at radius 2 is 1.85 bits per heavy atom. The van der Waals surface area contributed by atoms with E-state index in [1.54, 1.807) is 12.4 Å². The first-order valence-corrected chi connectivity index (χ1v) is 8.96. The zero-order chi connectivity index (χ0) is 18.5. The van der Waals surface area contributed by atoms with Crippen molar-refractivity contribution in [3.63, 3.8) is 0 Å². The maximum Gasteiger partial charge on any atom is 0.310 e. The standard InChI is InChI=1S/C20H15BrClNO3/c1-25-20(24)10-14-8-13(15-9-17(22)12-23-11-15)2-7-19(14)26-18-5-3-16(21)4-6-18/h2-9,11-12H,10H2,1H3. The summed E-state index contributed by atoms with van der Waals surface area (Å²) >= 11 is 9.42. The zero-order valence-electron chi connectivity index (χ0n) is 13.9. The maximum absolute atomic E-state index is 11.8. The summed E-state index contributed by atoms with van der Waals surface area (Å²) in [6, 6.07) is 14.9. The second-order valence-corrected chi connectivity index (χ2v) is 6.88. The van der Waals surface area contributed by atoms with Crippen molar-refractivity contribution < 1.29 is 14.3 Å². The fraction of sp³-hybridized carbons (Fsp3) is 0.100. The van der Waals surface area contributed by atoms with Crippen molar-refractivity contribution in [3.8, 4) is 22.6 Å². The van der Waals surface area contributed by atoms with Gasteiger partial charge in [-0.25, -0.2) is 0 Å². The van der Waals surface area contributed by atoms with E-state index in [-0.39, 0.29) is 12.4 Å². The molecule has 3 aromatic rings. The lowest BCUT2D eigenvalue weighted by Crippen LogP contribution is -2.06. The first kappa shape index (κ1) is 18.4. The zero-order valence-corrected chi connectivity index (χ0v) is 16.3. The molecule has 0 saturated carbocycles. The number of halogens is 2. The first-order valence-electron chi connectivity index (χ1n) is 7.79. The van der Waals surface area contributed by atoms with Crippen molar-refractivity contribution in [2.75, 3.05) is 7.11 Å². The molecule has 1 heterocycles. The summed E-state index contributed by atoms with van der Waals surface area (Å²) in [5, 5.41) is 0.548. The summed E-state index contributed by atoms with van der Waals surface area (Å²) in [5.74, 6) is 0.931. The quantitative estimate of drug-likeness (QED) is 0.487. The molecule has 132 valence electrons. The first-order chi connectivity index (χ1) is 12.5. The molecule has 6 heteroatoms. The lowest BCUT2D eigenvalue weighted by atomic mass is 10.0. The third kappa shape index (κ3) is 4.62. The fourth-order valence-electron chi connectivity index (χ4n) is 2.42. The third-order valence-corrected chi connectivity index (χ3v) is 4.44. The highest BCUT2D eigenvalue weighted by Gasteiger charge is 2.13. The SMILES string of the molecule is COC(=O)Cc1cc(-c2cncc(Cl)c2)ccc1Oc1ccc(Br)cc1. The van der Waals surface area contributed by atoms with Crippen molar-refractivity contribution in [2.24, 2.45) is 0 Å². The van der Waals surface area contributed by atoms with Crippen LogP contribution in [0.5, 0.6) is 11.5 Å². The molecule has 0 aliphatic rings. The van der Waals surface area contributed by atoms with Gasteiger partial charge in [0.1, 0.15) is 11.5 Å². The van der Waals surface area contributed by atoms with Gasteiger partial charge in [0.15, 0.2) is 0 Å². The molecule has 0 radical (unpaired) electrons. The number of carbonyl (C=O) groups excluding carboxylic acids is 1. The summed E-state index contributed by atoms with van der Waals surface area (Å²) in [7, 11) is 1.36. The van der Waals surface area contributed by atoms with Crippen LogP contribution >= 0.6 is 27.5 Å². The van der Waals surface area contributed by atoms with Gasteiger partial charge in [0.25, 0.3) is 0 Å². The molecule has 0 unspecified atom stereocenters. The minimum absolute atomic E-state index is 0.101. The lowest BCUT2D eigenvalue weighted by molar-refractivity contribution is -0.139. The van der Waals surface area contributed by atoms with Crippen molar-refractivity contribution in [1.82, 2.24) is 4.98 Å². The molecule has 26 heavy (non-hydrogen) atoms. The largest absolute Gasteiger partial charge is 0.469 e. The smallest absolute Gasteiger partial charge is 0.310 e. The second kappa shape index (κ2) is 8.34. The van der Waals surface area contributed by atoms with E-state index < -0.39 is 0 Å². The molecule has 0 aliphatic carbocycles. The van der Waals surface area contributed by atoms with Gasteiger partial charge in [0.2, 0.25) is 0 Å². The topological polar surface area (TPSA) is 48.4 Å². The summed E-state index contributed by atoms with van der Waals surface area (Å²) in [6.07, 6.45) is 3.40. The minimum Gasteiger partial charge on any atom is -0.469 e. The van der Waals surface area contributed by atoms with Crippen molar-refractivity contribution in [2.45, 2.75) is 6.42 Å². The predicted molar refractivity (Wildman–Crippen MR) is 105 cm³/mol. The Kier molecular flexibility index (Phi) is 5.91. The van der Waals surface area contributed by atoms with Crippen molar-refractivity contribution >= 4 is 33.5 Å². The van der Waals surface area contributed by atoms with E-state index in [9.17, 15) is 4.79 Å². The van der Waals surface area contributed by atoms with Crippen LogP contribution in [0.2, 0.25) is 5.02 Å². The van der Waals surface area contributed by atoms with E-state index in [2.05, 4.69) is 20.9 Å². The van der Waals surface area contributed by atoms with E-state index in [1.807, 2.05) is 48.5 Å². The van der Waals surface area contributed by atoms with Gasteiger partial charge in [-0.3, -0.25) is 9.78 Å². The van der Waals surface area contributed by atoms with E-state index in [0.29, 0.717) is 16.5 Å². The molecule has 0 saturated heterocycles. The molecule has 4 nitrogen and oxygen atoms in total. The van der Waals surface area contributed by atoms with Gasteiger partial charge in [-0.1, -0.05) is 33.6 Å². The van der Waals surface area contributed by atoms with Gasteiger partial charge in [-0.2, -0.15) is 0 Å². The third-order valence-electron chi connectivity index (χ3n) is 3.70. The molecule has 0 N–H and O–H groups in total. The number of ether oxygens (including phenoxy) is 2. The Hall–Kier alpha value is -2.37. The van der Waals surface area contributed by atoms with E-state index in [0.717, 1.165) is 21.2 Å². The number of pyridine rings is 1. The fourth-order valence-corrected chi connectivity index (χ4v) is 2.86. The number of esters is 1. The number of aromatic nitrogens is 1. The minimum atomic E-state index is -0.341. The van der Waals surface area contributed by atoms with Crippen LogP contribution < -0.4 is 4.74 Å². The highest BCUT2D eigenvalue weighted by atomic mass is 79.9. The number of hydrogen-bond donors (Lipinski definition) is 0. The van der Waals surface area contributed by atoms with Crippen molar-refractivity contribution in [1.29, 1.82) is 0 Å². The van der Waals surface area contributed by atoms with Crippen LogP contribution in [0.1, 0.15) is 5.56 Å². The average molecular weight is 433 g/mol. The number of rotatable bonds is 5. The number of hydrogen-bond acceptors (Lipinski definition) is 4. The molecule has 2 aromatic carbocycles. The molecule has 0 fully saturated rings. The normalized spacial score (nSPS) is 10.4. The van der Waals surface area contributed by atoms with Crippen LogP contribution in [0, 0.1) is 0 Å². The summed E-state index contributed by atoms with van der Waals surface area (Å²) in [4.78, 5) is 15.9. The van der Waals surface area contributed by atoms with E-state index in [1.165, 1.54) is 7.11 Å². The highest BCUT2D eigenvalue weighted by molar-refractivity contribution is 9.10. The molecular weight excluding hydrogens is 418 g/mol. The molecular formula is C20H15BrClNO3. The Labute approximate surface area is 164 Å². The van der Waals surface area contributed by atoms with E-state index in [4.69, 9.17) is 21.1 Å². The molecule has 0 atom stereocenters. The molecule has 0 aliphatic heterocycles. The van der Waals surface area contributed by atoms with Crippen LogP contribution in [0.4, 0.5) is 0 Å². The van der Waals surface area contributed by atoms with Gasteiger partial charge < -0.3 is 9.47 Å². The lowest BCUT2D eigenvalue weighted by Gasteiger charge is -2.13. The second-order valence-electron chi connectivity index (χ2n) is 5.52. The van der Waals surface area contributed by atoms with Gasteiger partial charge in [0, 0.05) is 28.0 Å². The van der Waals surface area contributed by atoms with Crippen LogP contribution in [-0.2, 0) is 16.0 Å². The van der Waals surface area contributed by atoms with Crippen LogP contribution in [0.15, 0.2) is 65.4 Å². The summed E-state index contributed by atoms with van der Waals surface area (Å²) < 4.78 is 11.7. The van der Waals surface area contributed by atoms with Crippen LogP contribution in [0.3, 0.4) is 0 Å². The van der Waals surface area contributed by atoms with Gasteiger partial charge in [-0.05, 0) is 48.0 Å². The Morgan fingerprint density at radius 1 is 1.08 bits per heavy atom. The molecule has 0 bridgehead atoms. The number of methoxy groups -OCH3 is 1. The summed E-state index contributed by atoms with van der Waals surface area (Å²) in [6.45, 7) is 0. The molecule has 0 spiro atoms. The molecule has 3 rings (SSSR count). The highest BCUT2D eigenvalue weighted by Crippen LogP contribution is 2.31. The Morgan fingerprint density at radius 3 is 2.54 bits per heavy atom. The number of benzene rings is 2. The van der Waals surface area contributed by atoms with Gasteiger partial charge in [-0.15, -0.1) is 0 Å². The van der Waals surface area contributed by atoms with E-state index >= 15 is 0 Å². The van der Waals surface area contributed by atoms with Crippen molar-refractivity contribution in [3.05, 3.63) is 76.0 Å². The number of nitrogens with zero attached hydrogens (tertiary/aromatic N) is 1. The van der Waals surface area contributed by atoms with Gasteiger partial charge in [0.05, 0.1) is 18.6 Å². The monoisotopic (exact) mass is 431 g/mol. The predicted octanol–water partition coefficient (Wildman–Crippen LogP) is 5.67. The van der Waals surface area contributed by atoms with Gasteiger partial charge >= 0.3 is 5.97 Å². The Bertz CT molecular complexity index is 929. The maximum atomic E-state index is 11.8. The van der Waals surface area contributed by atoms with Crippen LogP contribution in [0.25, 0.3) is 11.1 Å². The molecule has 0 amide bonds. The Balaban J connectivity index is 1.97. The summed E-state index contributed by atoms with van der Waals surface area (Å²) in [5.41, 5.74) is 2.47. The molecule has 1 aromatic heterocycles. The average Bonchev–Trinajstić information content (AvgIpc) is 2.64. The number of carbonyl (C=O) groups is 1. The van der Waals surface area contributed by atoms with Crippen LogP contribution in [-0.4, -0.2) is 18.1 Å².